The Bertz CT molecular complexity index is 2580. The number of nitrogens with one attached hydrogen (secondary N) is 1. The van der Waals surface area contributed by atoms with Gasteiger partial charge in [-0.25, -0.2) is 9.97 Å². The van der Waals surface area contributed by atoms with Crippen LogP contribution in [-0.2, 0) is 13.0 Å². The summed E-state index contributed by atoms with van der Waals surface area (Å²) in [5.74, 6) is 2.15. The van der Waals surface area contributed by atoms with Crippen LogP contribution < -0.4 is 15.6 Å². The highest BCUT2D eigenvalue weighted by Crippen LogP contribution is 2.37. The summed E-state index contributed by atoms with van der Waals surface area (Å²) in [5.41, 5.74) is 8.31. The fraction of sp³-hybridized carbons (Fsp3) is 0.114. The number of para-hydroxylation sites is 3. The second kappa shape index (κ2) is 14.2. The molecule has 0 saturated carbocycles. The van der Waals surface area contributed by atoms with Gasteiger partial charge in [0.1, 0.15) is 23.6 Å². The molecule has 2 heterocycles. The van der Waals surface area contributed by atoms with Gasteiger partial charge in [-0.2, -0.15) is 0 Å². The van der Waals surface area contributed by atoms with Crippen molar-refractivity contribution in [1.29, 1.82) is 0 Å². The van der Waals surface area contributed by atoms with Crippen molar-refractivity contribution in [1.82, 2.24) is 19.1 Å². The van der Waals surface area contributed by atoms with E-state index >= 15 is 0 Å². The fourth-order valence-corrected chi connectivity index (χ4v) is 6.91. The van der Waals surface area contributed by atoms with Crippen LogP contribution in [0.3, 0.4) is 0 Å². The number of imidazole rings is 1. The zero-order valence-corrected chi connectivity index (χ0v) is 29.6. The van der Waals surface area contributed by atoms with E-state index in [1.54, 1.807) is 11.7 Å². The largest absolute Gasteiger partial charge is 0.497 e. The molecule has 1 atom stereocenters. The molecule has 0 aliphatic rings. The van der Waals surface area contributed by atoms with Crippen LogP contribution in [0.25, 0.3) is 44.7 Å². The second-order valence-corrected chi connectivity index (χ2v) is 13.2. The summed E-state index contributed by atoms with van der Waals surface area (Å²) < 4.78 is 9.50. The minimum atomic E-state index is -0.341. The molecule has 52 heavy (non-hydrogen) atoms. The van der Waals surface area contributed by atoms with Crippen LogP contribution in [-0.4, -0.2) is 26.2 Å². The lowest BCUT2D eigenvalue weighted by Crippen LogP contribution is -2.24. The highest BCUT2D eigenvalue weighted by Gasteiger charge is 2.24. The minimum Gasteiger partial charge on any atom is -0.497 e. The SMILES string of the molecule is COc1ccc(C(Nc2ccc(C)cc2)n2c(-c3cc(CCn4c(-c5ccccc5)nc5ccccc5c4=O)ccc3Cl)nc3ccccc32)cc1. The molecule has 7 nitrogen and oxygen atoms in total. The maximum absolute atomic E-state index is 13.9. The van der Waals surface area contributed by atoms with Gasteiger partial charge in [0, 0.05) is 23.4 Å². The normalized spacial score (nSPS) is 11.9. The predicted octanol–water partition coefficient (Wildman–Crippen LogP) is 9.95. The van der Waals surface area contributed by atoms with Crippen LogP contribution in [0.5, 0.6) is 5.75 Å². The molecule has 0 aliphatic heterocycles. The van der Waals surface area contributed by atoms with Crippen molar-refractivity contribution in [3.05, 3.63) is 178 Å². The molecule has 6 aromatic carbocycles. The van der Waals surface area contributed by atoms with Crippen molar-refractivity contribution < 1.29 is 4.74 Å². The van der Waals surface area contributed by atoms with Gasteiger partial charge in [-0.1, -0.05) is 102 Å². The molecule has 2 aromatic heterocycles. The molecule has 0 radical (unpaired) electrons. The Labute approximate surface area is 306 Å². The summed E-state index contributed by atoms with van der Waals surface area (Å²) >= 11 is 7.06. The molecule has 0 amide bonds. The number of halogens is 1. The fourth-order valence-electron chi connectivity index (χ4n) is 6.71. The molecule has 8 heteroatoms. The van der Waals surface area contributed by atoms with Gasteiger partial charge in [-0.3, -0.25) is 13.9 Å². The van der Waals surface area contributed by atoms with Gasteiger partial charge in [0.05, 0.1) is 34.1 Å². The Hall–Kier alpha value is -6.18. The van der Waals surface area contributed by atoms with Crippen LogP contribution >= 0.6 is 11.6 Å². The van der Waals surface area contributed by atoms with Crippen LogP contribution in [0.4, 0.5) is 5.69 Å². The Balaban J connectivity index is 1.23. The summed E-state index contributed by atoms with van der Waals surface area (Å²) in [7, 11) is 1.67. The van der Waals surface area contributed by atoms with Crippen molar-refractivity contribution in [2.24, 2.45) is 0 Å². The minimum absolute atomic E-state index is 0.0649. The quantitative estimate of drug-likeness (QED) is 0.154. The maximum atomic E-state index is 13.9. The van der Waals surface area contributed by atoms with E-state index in [2.05, 4.69) is 65.3 Å². The zero-order valence-electron chi connectivity index (χ0n) is 28.8. The number of hydrogen-bond acceptors (Lipinski definition) is 5. The Morgan fingerprint density at radius 2 is 1.44 bits per heavy atom. The van der Waals surface area contributed by atoms with Crippen molar-refractivity contribution >= 4 is 39.2 Å². The third-order valence-electron chi connectivity index (χ3n) is 9.43. The van der Waals surface area contributed by atoms with Gasteiger partial charge in [0.25, 0.3) is 5.56 Å². The molecule has 0 saturated heterocycles. The highest BCUT2D eigenvalue weighted by atomic mass is 35.5. The van der Waals surface area contributed by atoms with Gasteiger partial charge in [0.15, 0.2) is 0 Å². The number of nitrogens with zero attached hydrogens (tertiary/aromatic N) is 4. The summed E-state index contributed by atoms with van der Waals surface area (Å²) in [6.45, 7) is 2.51. The number of methoxy groups -OCH3 is 1. The lowest BCUT2D eigenvalue weighted by Gasteiger charge is -2.25. The average molecular weight is 702 g/mol. The third kappa shape index (κ3) is 6.43. The number of rotatable bonds is 10. The molecule has 0 bridgehead atoms. The Morgan fingerprint density at radius 3 is 2.21 bits per heavy atom. The summed E-state index contributed by atoms with van der Waals surface area (Å²) in [6.07, 6.45) is 0.236. The number of aromatic nitrogens is 4. The van der Waals surface area contributed by atoms with Crippen LogP contribution in [0.2, 0.25) is 5.02 Å². The number of benzene rings is 6. The number of aryl methyl sites for hydroxylation is 2. The van der Waals surface area contributed by atoms with Crippen molar-refractivity contribution in [3.8, 4) is 28.5 Å². The van der Waals surface area contributed by atoms with E-state index in [4.69, 9.17) is 26.3 Å². The second-order valence-electron chi connectivity index (χ2n) is 12.8. The lowest BCUT2D eigenvalue weighted by molar-refractivity contribution is 0.414. The van der Waals surface area contributed by atoms with E-state index < -0.39 is 0 Å². The summed E-state index contributed by atoms with van der Waals surface area (Å²) in [6, 6.07) is 48.0. The summed E-state index contributed by atoms with van der Waals surface area (Å²) in [5, 5.41) is 4.96. The number of ether oxygens (including phenoxy) is 1. The lowest BCUT2D eigenvalue weighted by atomic mass is 10.1. The molecule has 8 rings (SSSR count). The molecule has 0 spiro atoms. The van der Waals surface area contributed by atoms with Crippen LogP contribution in [0.1, 0.15) is 22.9 Å². The van der Waals surface area contributed by atoms with Crippen molar-refractivity contribution in [3.63, 3.8) is 0 Å². The van der Waals surface area contributed by atoms with E-state index in [-0.39, 0.29) is 11.7 Å². The average Bonchev–Trinajstić information content (AvgIpc) is 3.57. The van der Waals surface area contributed by atoms with Crippen LogP contribution in [0.15, 0.2) is 150 Å². The molecule has 1 N–H and O–H groups in total. The van der Waals surface area contributed by atoms with Gasteiger partial charge in [-0.15, -0.1) is 0 Å². The van der Waals surface area contributed by atoms with E-state index in [1.165, 1.54) is 5.56 Å². The maximum Gasteiger partial charge on any atom is 0.261 e. The number of hydrogen-bond donors (Lipinski definition) is 1. The van der Waals surface area contributed by atoms with Gasteiger partial charge in [-0.05, 0) is 85.1 Å². The number of fused-ring (bicyclic) bond motifs is 2. The van der Waals surface area contributed by atoms with E-state index in [9.17, 15) is 4.79 Å². The molecular weight excluding hydrogens is 666 g/mol. The molecular formula is C44H36ClN5O2. The molecule has 0 aliphatic carbocycles. The Morgan fingerprint density at radius 1 is 0.750 bits per heavy atom. The van der Waals surface area contributed by atoms with E-state index in [1.807, 2.05) is 97.1 Å². The molecule has 256 valence electrons. The third-order valence-corrected chi connectivity index (χ3v) is 9.76. The molecule has 8 aromatic rings. The van der Waals surface area contributed by atoms with Gasteiger partial charge >= 0.3 is 0 Å². The first kappa shape index (κ1) is 33.0. The smallest absolute Gasteiger partial charge is 0.261 e. The van der Waals surface area contributed by atoms with Gasteiger partial charge in [0.2, 0.25) is 0 Å². The highest BCUT2D eigenvalue weighted by molar-refractivity contribution is 6.33. The molecule has 1 unspecified atom stereocenters. The molecule has 0 fully saturated rings. The monoisotopic (exact) mass is 701 g/mol. The number of anilines is 1. The first-order chi connectivity index (χ1) is 25.5. The van der Waals surface area contributed by atoms with Crippen molar-refractivity contribution in [2.75, 3.05) is 12.4 Å². The van der Waals surface area contributed by atoms with E-state index in [0.29, 0.717) is 34.7 Å². The first-order valence-electron chi connectivity index (χ1n) is 17.2. The first-order valence-corrected chi connectivity index (χ1v) is 17.6. The van der Waals surface area contributed by atoms with Gasteiger partial charge < -0.3 is 10.1 Å². The summed E-state index contributed by atoms with van der Waals surface area (Å²) in [4.78, 5) is 24.1. The van der Waals surface area contributed by atoms with E-state index in [0.717, 1.165) is 50.5 Å². The standard InChI is InChI=1S/C44H36ClN5O2/c1-29-16-21-33(22-17-29)46-42(32-19-23-34(52-2)24-20-32)50-40-15-9-8-14-39(40)48-43(50)36-28-30(18-25-37(36)45)26-27-49-41(31-10-4-3-5-11-31)47-38-13-7-6-12-35(38)44(49)51/h3-25,28,42,46H,26-27H2,1-2H3. The van der Waals surface area contributed by atoms with Crippen LogP contribution in [0, 0.1) is 6.92 Å². The zero-order chi connectivity index (χ0) is 35.6. The topological polar surface area (TPSA) is 74.0 Å². The van der Waals surface area contributed by atoms with Crippen molar-refractivity contribution in [2.45, 2.75) is 26.1 Å². The predicted molar refractivity (Wildman–Crippen MR) is 211 cm³/mol. The Kier molecular flexibility index (Phi) is 9.02.